The molecule has 0 saturated carbocycles. The Labute approximate surface area is 173 Å². The van der Waals surface area contributed by atoms with Crippen molar-refractivity contribution in [2.45, 2.75) is 13.3 Å². The van der Waals surface area contributed by atoms with Crippen molar-refractivity contribution in [1.82, 2.24) is 0 Å². The summed E-state index contributed by atoms with van der Waals surface area (Å²) in [6.45, 7) is 1.75. The van der Waals surface area contributed by atoms with E-state index in [0.29, 0.717) is 23.7 Å². The van der Waals surface area contributed by atoms with Crippen molar-refractivity contribution in [3.05, 3.63) is 52.0 Å². The fraction of sp³-hybridized carbons (Fsp3) is 0.286. The molecule has 0 aromatic heterocycles. The number of likely N-dealkylation sites (N-methyl/N-ethyl adjacent to an activating group) is 1. The number of ether oxygens (including phenoxy) is 3. The van der Waals surface area contributed by atoms with Gasteiger partial charge in [0.2, 0.25) is 5.91 Å². The fourth-order valence-corrected chi connectivity index (χ4v) is 3.33. The molecule has 0 saturated heterocycles. The predicted molar refractivity (Wildman–Crippen MR) is 107 cm³/mol. The standard InChI is InChI=1S/C21H20ClNO6/c1-4-28-20-15(22)8-14(9-18(20)27-3)21(26)29-11-17(24)12-5-6-16-13(7-12)10-19(25)23(16)2/h5-9H,4,10-11H2,1-3H3. The number of methoxy groups -OCH3 is 1. The Bertz CT molecular complexity index is 987. The zero-order chi connectivity index (χ0) is 21.1. The molecule has 0 atom stereocenters. The van der Waals surface area contributed by atoms with Gasteiger partial charge >= 0.3 is 5.97 Å². The lowest BCUT2D eigenvalue weighted by atomic mass is 10.1. The van der Waals surface area contributed by atoms with Crippen molar-refractivity contribution in [3.8, 4) is 11.5 Å². The topological polar surface area (TPSA) is 82.1 Å². The van der Waals surface area contributed by atoms with Gasteiger partial charge < -0.3 is 19.1 Å². The van der Waals surface area contributed by atoms with Crippen molar-refractivity contribution in [1.29, 1.82) is 0 Å². The maximum atomic E-state index is 12.4. The van der Waals surface area contributed by atoms with Gasteiger partial charge in [-0.2, -0.15) is 0 Å². The molecule has 0 unspecified atom stereocenters. The van der Waals surface area contributed by atoms with Gasteiger partial charge in [-0.05, 0) is 42.8 Å². The van der Waals surface area contributed by atoms with Crippen LogP contribution in [0.5, 0.6) is 11.5 Å². The molecule has 1 aliphatic heterocycles. The number of amides is 1. The SMILES string of the molecule is CCOc1c(Cl)cc(C(=O)OCC(=O)c2ccc3c(c2)CC(=O)N3C)cc1OC. The monoisotopic (exact) mass is 417 g/mol. The van der Waals surface area contributed by atoms with E-state index in [9.17, 15) is 14.4 Å². The maximum Gasteiger partial charge on any atom is 0.338 e. The van der Waals surface area contributed by atoms with E-state index in [1.807, 2.05) is 0 Å². The normalized spacial score (nSPS) is 12.6. The zero-order valence-electron chi connectivity index (χ0n) is 16.3. The minimum Gasteiger partial charge on any atom is -0.493 e. The molecule has 152 valence electrons. The summed E-state index contributed by atoms with van der Waals surface area (Å²) in [5.74, 6) is -0.478. The van der Waals surface area contributed by atoms with E-state index < -0.39 is 12.6 Å². The largest absolute Gasteiger partial charge is 0.493 e. The summed E-state index contributed by atoms with van der Waals surface area (Å²) in [6, 6.07) is 7.83. The molecule has 1 amide bonds. The number of benzene rings is 2. The molecule has 0 fully saturated rings. The first kappa shape index (κ1) is 20.7. The number of fused-ring (bicyclic) bond motifs is 1. The highest BCUT2D eigenvalue weighted by Gasteiger charge is 2.25. The molecular weight excluding hydrogens is 398 g/mol. The zero-order valence-corrected chi connectivity index (χ0v) is 17.0. The number of ketones is 1. The van der Waals surface area contributed by atoms with E-state index in [2.05, 4.69) is 0 Å². The highest BCUT2D eigenvalue weighted by atomic mass is 35.5. The van der Waals surface area contributed by atoms with Crippen LogP contribution < -0.4 is 14.4 Å². The Morgan fingerprint density at radius 2 is 1.93 bits per heavy atom. The number of hydrogen-bond donors (Lipinski definition) is 0. The first-order valence-corrected chi connectivity index (χ1v) is 9.33. The molecule has 0 N–H and O–H groups in total. The lowest BCUT2D eigenvalue weighted by Crippen LogP contribution is -2.20. The van der Waals surface area contributed by atoms with E-state index in [1.54, 1.807) is 37.1 Å². The van der Waals surface area contributed by atoms with Gasteiger partial charge in [0.15, 0.2) is 23.9 Å². The lowest BCUT2D eigenvalue weighted by molar-refractivity contribution is -0.117. The number of hydrogen-bond acceptors (Lipinski definition) is 6. The predicted octanol–water partition coefficient (Wildman–Crippen LogP) is 3.31. The van der Waals surface area contributed by atoms with Crippen LogP contribution in [0.4, 0.5) is 5.69 Å². The van der Waals surface area contributed by atoms with Crippen LogP contribution >= 0.6 is 11.6 Å². The average Bonchev–Trinajstić information content (AvgIpc) is 3.00. The number of carbonyl (C=O) groups is 3. The first-order chi connectivity index (χ1) is 13.8. The number of rotatable bonds is 7. The Hall–Kier alpha value is -3.06. The van der Waals surface area contributed by atoms with E-state index in [-0.39, 0.29) is 28.7 Å². The summed E-state index contributed by atoms with van der Waals surface area (Å²) in [6.07, 6.45) is 0.247. The summed E-state index contributed by atoms with van der Waals surface area (Å²) >= 11 is 6.16. The molecule has 1 aliphatic rings. The Balaban J connectivity index is 1.70. The second kappa shape index (κ2) is 8.53. The fourth-order valence-electron chi connectivity index (χ4n) is 3.06. The summed E-state index contributed by atoms with van der Waals surface area (Å²) in [5, 5.41) is 0.205. The molecule has 2 aromatic carbocycles. The van der Waals surface area contributed by atoms with Gasteiger partial charge in [-0.1, -0.05) is 11.6 Å². The molecule has 1 heterocycles. The highest BCUT2D eigenvalue weighted by molar-refractivity contribution is 6.32. The van der Waals surface area contributed by atoms with Crippen molar-refractivity contribution in [2.75, 3.05) is 32.3 Å². The molecule has 0 radical (unpaired) electrons. The summed E-state index contributed by atoms with van der Waals surface area (Å²) in [4.78, 5) is 38.1. The minimum absolute atomic E-state index is 0.0302. The van der Waals surface area contributed by atoms with Gasteiger partial charge in [-0.25, -0.2) is 4.79 Å². The van der Waals surface area contributed by atoms with Gasteiger partial charge in [-0.3, -0.25) is 9.59 Å². The van der Waals surface area contributed by atoms with Gasteiger partial charge in [0, 0.05) is 18.3 Å². The Kier molecular flexibility index (Phi) is 6.08. The Morgan fingerprint density at radius 1 is 1.17 bits per heavy atom. The maximum absolute atomic E-state index is 12.4. The summed E-state index contributed by atoms with van der Waals surface area (Å²) in [5.41, 5.74) is 2.07. The average molecular weight is 418 g/mol. The molecule has 2 aromatic rings. The van der Waals surface area contributed by atoms with Crippen LogP contribution in [0.2, 0.25) is 5.02 Å². The molecule has 0 aliphatic carbocycles. The molecule has 0 spiro atoms. The first-order valence-electron chi connectivity index (χ1n) is 8.95. The number of carbonyl (C=O) groups excluding carboxylic acids is 3. The molecule has 29 heavy (non-hydrogen) atoms. The van der Waals surface area contributed by atoms with Crippen LogP contribution in [0.1, 0.15) is 33.2 Å². The van der Waals surface area contributed by atoms with E-state index in [4.69, 9.17) is 25.8 Å². The molecule has 3 rings (SSSR count). The molecule has 7 nitrogen and oxygen atoms in total. The second-order valence-corrected chi connectivity index (χ2v) is 6.80. The van der Waals surface area contributed by atoms with Gasteiger partial charge in [0.05, 0.1) is 30.7 Å². The number of anilines is 1. The van der Waals surface area contributed by atoms with Crippen LogP contribution in [0.3, 0.4) is 0 Å². The van der Waals surface area contributed by atoms with Gasteiger partial charge in [0.25, 0.3) is 0 Å². The third-order valence-corrected chi connectivity index (χ3v) is 4.85. The number of halogens is 1. The second-order valence-electron chi connectivity index (χ2n) is 6.39. The molecule has 8 heteroatoms. The van der Waals surface area contributed by atoms with E-state index in [1.165, 1.54) is 19.2 Å². The van der Waals surface area contributed by atoms with Crippen LogP contribution in [0, 0.1) is 0 Å². The van der Waals surface area contributed by atoms with Crippen molar-refractivity contribution < 1.29 is 28.6 Å². The minimum atomic E-state index is -0.710. The smallest absolute Gasteiger partial charge is 0.338 e. The lowest BCUT2D eigenvalue weighted by Gasteiger charge is -2.13. The van der Waals surface area contributed by atoms with Crippen molar-refractivity contribution >= 4 is 34.9 Å². The van der Waals surface area contributed by atoms with Crippen molar-refractivity contribution in [2.24, 2.45) is 0 Å². The van der Waals surface area contributed by atoms with Crippen LogP contribution in [-0.2, 0) is 16.0 Å². The summed E-state index contributed by atoms with van der Waals surface area (Å²) < 4.78 is 15.8. The van der Waals surface area contributed by atoms with Crippen LogP contribution in [-0.4, -0.2) is 45.0 Å². The highest BCUT2D eigenvalue weighted by Crippen LogP contribution is 2.36. The van der Waals surface area contributed by atoms with E-state index >= 15 is 0 Å². The third kappa shape index (κ3) is 4.19. The third-order valence-electron chi connectivity index (χ3n) is 4.57. The van der Waals surface area contributed by atoms with Crippen LogP contribution in [0.15, 0.2) is 30.3 Å². The molecular formula is C21H20ClNO6. The van der Waals surface area contributed by atoms with Gasteiger partial charge in [0.1, 0.15) is 0 Å². The summed E-state index contributed by atoms with van der Waals surface area (Å²) in [7, 11) is 3.12. The van der Waals surface area contributed by atoms with Crippen molar-refractivity contribution in [3.63, 3.8) is 0 Å². The number of Topliss-reactive ketones (excluding diaryl/α,β-unsaturated/α-hetero) is 1. The van der Waals surface area contributed by atoms with Crippen LogP contribution in [0.25, 0.3) is 0 Å². The van der Waals surface area contributed by atoms with Gasteiger partial charge in [-0.15, -0.1) is 0 Å². The quantitative estimate of drug-likeness (QED) is 0.507. The van der Waals surface area contributed by atoms with E-state index in [0.717, 1.165) is 11.3 Å². The molecule has 0 bridgehead atoms. The number of nitrogens with zero attached hydrogens (tertiary/aromatic N) is 1. The number of esters is 1. The Morgan fingerprint density at radius 3 is 2.62 bits per heavy atom.